The molecule has 4 rings (SSSR count). The molecule has 30 heavy (non-hydrogen) atoms. The maximum atomic E-state index is 3.57. The third kappa shape index (κ3) is 5.73. The molecule has 0 saturated carbocycles. The second kappa shape index (κ2) is 10.9. The minimum Gasteiger partial charge on any atom is -0.134 e. The van der Waals surface area contributed by atoms with Gasteiger partial charge in [-0.1, -0.05) is 63.3 Å². The standard InChI is InChI=1S/C26H27BrS3/c1-2-3-4-5-6-7-8-19-9-11-20(12-10-19)21-13-14-22(28-21)23-15-16-24(29-23)25-17-18-26(27)30-25/h9-18H,2-8H2,1H3. The van der Waals surface area contributed by atoms with Crippen molar-refractivity contribution in [2.45, 2.75) is 51.9 Å². The van der Waals surface area contributed by atoms with Crippen molar-refractivity contribution in [1.29, 1.82) is 0 Å². The SMILES string of the molecule is CCCCCCCCc1ccc(-c2ccc(-c3ccc(-c4ccc(Br)s4)s3)s2)cc1. The minimum atomic E-state index is 1.19. The predicted octanol–water partition coefficient (Wildman–Crippen LogP) is 10.5. The Balaban J connectivity index is 1.36. The van der Waals surface area contributed by atoms with Crippen LogP contribution in [0, 0.1) is 0 Å². The zero-order chi connectivity index (χ0) is 20.8. The van der Waals surface area contributed by atoms with E-state index >= 15 is 0 Å². The van der Waals surface area contributed by atoms with Gasteiger partial charge in [-0.25, -0.2) is 0 Å². The van der Waals surface area contributed by atoms with Gasteiger partial charge in [0, 0.05) is 24.4 Å². The van der Waals surface area contributed by atoms with Crippen LogP contribution in [0.5, 0.6) is 0 Å². The fraction of sp³-hybridized carbons (Fsp3) is 0.308. The molecule has 0 aliphatic carbocycles. The van der Waals surface area contributed by atoms with Crippen molar-refractivity contribution in [1.82, 2.24) is 0 Å². The number of hydrogen-bond donors (Lipinski definition) is 0. The van der Waals surface area contributed by atoms with Crippen molar-refractivity contribution in [2.24, 2.45) is 0 Å². The van der Waals surface area contributed by atoms with Gasteiger partial charge >= 0.3 is 0 Å². The molecule has 1 aromatic carbocycles. The van der Waals surface area contributed by atoms with E-state index in [4.69, 9.17) is 0 Å². The third-order valence-electron chi connectivity index (χ3n) is 5.33. The second-order valence-corrected chi connectivity index (χ2v) is 12.3. The average molecular weight is 516 g/mol. The largest absolute Gasteiger partial charge is 0.134 e. The van der Waals surface area contributed by atoms with E-state index in [1.807, 2.05) is 22.7 Å². The Morgan fingerprint density at radius 2 is 1.10 bits per heavy atom. The monoisotopic (exact) mass is 514 g/mol. The number of rotatable bonds is 10. The zero-order valence-electron chi connectivity index (χ0n) is 17.3. The van der Waals surface area contributed by atoms with Crippen LogP contribution in [0.2, 0.25) is 0 Å². The molecule has 0 bridgehead atoms. The van der Waals surface area contributed by atoms with Crippen molar-refractivity contribution >= 4 is 49.9 Å². The van der Waals surface area contributed by atoms with Crippen LogP contribution in [0.25, 0.3) is 29.9 Å². The van der Waals surface area contributed by atoms with E-state index in [-0.39, 0.29) is 0 Å². The van der Waals surface area contributed by atoms with Gasteiger partial charge in [-0.2, -0.15) is 0 Å². The first-order valence-corrected chi connectivity index (χ1v) is 14.0. The van der Waals surface area contributed by atoms with Crippen LogP contribution in [-0.4, -0.2) is 0 Å². The number of thiophene rings is 3. The molecular weight excluding hydrogens is 488 g/mol. The Labute approximate surface area is 200 Å². The Morgan fingerprint density at radius 1 is 0.567 bits per heavy atom. The number of aryl methyl sites for hydroxylation is 1. The maximum Gasteiger partial charge on any atom is 0.0705 e. The van der Waals surface area contributed by atoms with Gasteiger partial charge in [-0.15, -0.1) is 34.0 Å². The summed E-state index contributed by atoms with van der Waals surface area (Å²) in [6.45, 7) is 2.28. The summed E-state index contributed by atoms with van der Waals surface area (Å²) >= 11 is 9.13. The summed E-state index contributed by atoms with van der Waals surface area (Å²) in [4.78, 5) is 6.73. The number of benzene rings is 1. The van der Waals surface area contributed by atoms with E-state index in [0.717, 1.165) is 0 Å². The molecule has 0 amide bonds. The molecule has 0 unspecified atom stereocenters. The summed E-state index contributed by atoms with van der Waals surface area (Å²) in [5.41, 5.74) is 2.80. The molecule has 156 valence electrons. The lowest BCUT2D eigenvalue weighted by atomic mass is 10.0. The zero-order valence-corrected chi connectivity index (χ0v) is 21.4. The van der Waals surface area contributed by atoms with Gasteiger partial charge in [0.2, 0.25) is 0 Å². The van der Waals surface area contributed by atoms with E-state index in [2.05, 4.69) is 83.5 Å². The van der Waals surface area contributed by atoms with Crippen LogP contribution < -0.4 is 0 Å². The second-order valence-electron chi connectivity index (χ2n) is 7.65. The molecule has 0 saturated heterocycles. The highest BCUT2D eigenvalue weighted by Gasteiger charge is 2.10. The summed E-state index contributed by atoms with van der Waals surface area (Å²) < 4.78 is 1.19. The van der Waals surface area contributed by atoms with Crippen LogP contribution in [0.4, 0.5) is 0 Å². The third-order valence-corrected chi connectivity index (χ3v) is 9.56. The predicted molar refractivity (Wildman–Crippen MR) is 141 cm³/mol. The minimum absolute atomic E-state index is 1.19. The lowest BCUT2D eigenvalue weighted by molar-refractivity contribution is 0.607. The molecule has 4 heteroatoms. The summed E-state index contributed by atoms with van der Waals surface area (Å²) in [7, 11) is 0. The topological polar surface area (TPSA) is 0 Å². The van der Waals surface area contributed by atoms with E-state index in [9.17, 15) is 0 Å². The number of halogens is 1. The van der Waals surface area contributed by atoms with Crippen molar-refractivity contribution < 1.29 is 0 Å². The Morgan fingerprint density at radius 3 is 1.73 bits per heavy atom. The molecule has 3 heterocycles. The quantitative estimate of drug-likeness (QED) is 0.184. The van der Waals surface area contributed by atoms with Crippen LogP contribution in [0.1, 0.15) is 51.0 Å². The Hall–Kier alpha value is -1.20. The van der Waals surface area contributed by atoms with Crippen molar-refractivity contribution in [3.8, 4) is 29.9 Å². The molecule has 0 atom stereocenters. The van der Waals surface area contributed by atoms with E-state index in [1.165, 1.54) is 84.2 Å². The van der Waals surface area contributed by atoms with Crippen LogP contribution >= 0.6 is 49.9 Å². The molecule has 0 fully saturated rings. The first-order valence-electron chi connectivity index (χ1n) is 10.8. The summed E-state index contributed by atoms with van der Waals surface area (Å²) in [6, 6.07) is 22.6. The number of hydrogen-bond acceptors (Lipinski definition) is 3. The molecule has 0 aliphatic heterocycles. The molecule has 0 spiro atoms. The van der Waals surface area contributed by atoms with Gasteiger partial charge in [-0.05, 0) is 76.3 Å². The molecule has 0 radical (unpaired) electrons. The first kappa shape index (κ1) is 22.0. The normalized spacial score (nSPS) is 11.3. The fourth-order valence-corrected chi connectivity index (χ4v) is 7.20. The number of unbranched alkanes of at least 4 members (excludes halogenated alkanes) is 5. The van der Waals surface area contributed by atoms with E-state index in [1.54, 1.807) is 11.3 Å². The summed E-state index contributed by atoms with van der Waals surface area (Å²) in [5, 5.41) is 0. The van der Waals surface area contributed by atoms with Gasteiger partial charge in [-0.3, -0.25) is 0 Å². The Kier molecular flexibility index (Phi) is 8.00. The fourth-order valence-electron chi connectivity index (χ4n) is 3.62. The van der Waals surface area contributed by atoms with Gasteiger partial charge in [0.1, 0.15) is 0 Å². The molecule has 0 nitrogen and oxygen atoms in total. The molecule has 0 N–H and O–H groups in total. The molecule has 4 aromatic rings. The van der Waals surface area contributed by atoms with Gasteiger partial charge in [0.25, 0.3) is 0 Å². The highest BCUT2D eigenvalue weighted by Crippen LogP contribution is 2.42. The summed E-state index contributed by atoms with van der Waals surface area (Å²) in [5.74, 6) is 0. The lowest BCUT2D eigenvalue weighted by Crippen LogP contribution is -1.86. The van der Waals surface area contributed by atoms with Crippen LogP contribution in [0.3, 0.4) is 0 Å². The van der Waals surface area contributed by atoms with Crippen LogP contribution in [0.15, 0.2) is 64.5 Å². The van der Waals surface area contributed by atoms with Gasteiger partial charge in [0.15, 0.2) is 0 Å². The van der Waals surface area contributed by atoms with E-state index < -0.39 is 0 Å². The molecule has 3 aromatic heterocycles. The first-order chi connectivity index (χ1) is 14.7. The van der Waals surface area contributed by atoms with Gasteiger partial charge < -0.3 is 0 Å². The van der Waals surface area contributed by atoms with Gasteiger partial charge in [0.05, 0.1) is 3.79 Å². The van der Waals surface area contributed by atoms with Crippen molar-refractivity contribution in [3.63, 3.8) is 0 Å². The Bertz CT molecular complexity index is 1050. The highest BCUT2D eigenvalue weighted by molar-refractivity contribution is 9.11. The molecule has 0 aliphatic rings. The van der Waals surface area contributed by atoms with Crippen molar-refractivity contribution in [3.05, 3.63) is 70.0 Å². The smallest absolute Gasteiger partial charge is 0.0705 e. The lowest BCUT2D eigenvalue weighted by Gasteiger charge is -2.04. The van der Waals surface area contributed by atoms with E-state index in [0.29, 0.717) is 0 Å². The maximum absolute atomic E-state index is 3.57. The van der Waals surface area contributed by atoms with Crippen LogP contribution in [-0.2, 0) is 6.42 Å². The highest BCUT2D eigenvalue weighted by atomic mass is 79.9. The van der Waals surface area contributed by atoms with Crippen molar-refractivity contribution in [2.75, 3.05) is 0 Å². The molecular formula is C26H27BrS3. The average Bonchev–Trinajstić information content (AvgIpc) is 3.51. The summed E-state index contributed by atoms with van der Waals surface area (Å²) in [6.07, 6.45) is 9.38.